The van der Waals surface area contributed by atoms with Gasteiger partial charge in [-0.15, -0.1) is 0 Å². The van der Waals surface area contributed by atoms with Crippen LogP contribution in [0.4, 0.5) is 0 Å². The zero-order chi connectivity index (χ0) is 14.3. The molecule has 1 aromatic carbocycles. The van der Waals surface area contributed by atoms with Gasteiger partial charge in [-0.25, -0.2) is 0 Å². The van der Waals surface area contributed by atoms with Gasteiger partial charge in [0.2, 0.25) is 0 Å². The summed E-state index contributed by atoms with van der Waals surface area (Å²) in [6.45, 7) is 3.98. The second-order valence-electron chi connectivity index (χ2n) is 4.58. The molecule has 0 bridgehead atoms. The summed E-state index contributed by atoms with van der Waals surface area (Å²) >= 11 is 1.63. The second kappa shape index (κ2) is 5.03. The summed E-state index contributed by atoms with van der Waals surface area (Å²) in [5.41, 5.74) is 2.82. The van der Waals surface area contributed by atoms with Crippen LogP contribution in [0.15, 0.2) is 30.3 Å². The first-order valence-corrected chi connectivity index (χ1v) is 8.68. The van der Waals surface area contributed by atoms with Crippen molar-refractivity contribution in [1.82, 2.24) is 0 Å². The average molecular weight is 344 g/mol. The number of thiophene rings is 1. The predicted octanol–water partition coefficient (Wildman–Crippen LogP) is 3.68. The third-order valence-corrected chi connectivity index (χ3v) is 7.49. The average Bonchev–Trinajstić information content (AvgIpc) is 2.97. The van der Waals surface area contributed by atoms with Crippen LogP contribution in [0, 0.1) is 25.2 Å². The van der Waals surface area contributed by atoms with Crippen molar-refractivity contribution in [3.8, 4) is 6.07 Å². The predicted molar refractivity (Wildman–Crippen MR) is 82.8 cm³/mol. The van der Waals surface area contributed by atoms with Crippen molar-refractivity contribution < 1.29 is 4.79 Å². The first kappa shape index (κ1) is 13.3. The summed E-state index contributed by atoms with van der Waals surface area (Å²) in [7, 11) is 0. The molecule has 0 saturated carbocycles. The van der Waals surface area contributed by atoms with Gasteiger partial charge >= 0.3 is 127 Å². The van der Waals surface area contributed by atoms with Crippen molar-refractivity contribution in [1.29, 1.82) is 5.26 Å². The zero-order valence-electron chi connectivity index (χ0n) is 11.1. The van der Waals surface area contributed by atoms with E-state index in [9.17, 15) is 4.79 Å². The van der Waals surface area contributed by atoms with Gasteiger partial charge in [0.05, 0.1) is 0 Å². The van der Waals surface area contributed by atoms with Crippen molar-refractivity contribution in [3.05, 3.63) is 56.3 Å². The maximum absolute atomic E-state index is 12.6. The molecule has 0 N–H and O–H groups in total. The molecule has 3 rings (SSSR count). The zero-order valence-corrected chi connectivity index (χ0v) is 13.6. The van der Waals surface area contributed by atoms with Gasteiger partial charge in [-0.1, -0.05) is 0 Å². The topological polar surface area (TPSA) is 40.9 Å². The van der Waals surface area contributed by atoms with Crippen molar-refractivity contribution in [2.45, 2.75) is 13.8 Å². The van der Waals surface area contributed by atoms with E-state index in [1.165, 1.54) is 3.57 Å². The number of hydrogen-bond donors (Lipinski definition) is 0. The van der Waals surface area contributed by atoms with Crippen molar-refractivity contribution in [3.63, 3.8) is 0 Å². The number of ketones is 1. The molecular weight excluding hydrogens is 333 g/mol. The number of hydrogen-bond acceptors (Lipinski definition) is 3. The van der Waals surface area contributed by atoms with E-state index < -0.39 is 0 Å². The summed E-state index contributed by atoms with van der Waals surface area (Å²) in [5, 5.41) is 10.3. The number of benzene rings is 1. The summed E-state index contributed by atoms with van der Waals surface area (Å²) in [6, 6.07) is 11.7. The van der Waals surface area contributed by atoms with Crippen LogP contribution in [0.1, 0.15) is 30.8 Å². The fourth-order valence-corrected chi connectivity index (χ4v) is 6.52. The van der Waals surface area contributed by atoms with Crippen LogP contribution in [0.3, 0.4) is 0 Å². The number of fused-ring (bicyclic) bond motifs is 1. The number of nitriles is 1. The SMILES string of the molecule is Cc1c(C(=O)c2ccccc2)sc2[se]c(C#N)c(C)c12. The molecule has 0 spiro atoms. The molecule has 0 aliphatic carbocycles. The molecule has 0 aliphatic heterocycles. The second-order valence-corrected chi connectivity index (χ2v) is 8.33. The number of carbonyl (C=O) groups excluding carboxylic acids is 1. The first-order valence-electron chi connectivity index (χ1n) is 6.15. The molecule has 20 heavy (non-hydrogen) atoms. The van der Waals surface area contributed by atoms with E-state index in [4.69, 9.17) is 5.26 Å². The molecule has 0 amide bonds. The number of carbonyl (C=O) groups is 1. The summed E-state index contributed by atoms with van der Waals surface area (Å²) in [4.78, 5) is 13.4. The van der Waals surface area contributed by atoms with Crippen LogP contribution in [0.2, 0.25) is 0 Å². The molecule has 0 saturated heterocycles. The van der Waals surface area contributed by atoms with Crippen molar-refractivity contribution >= 4 is 40.6 Å². The standard InChI is InChI=1S/C16H11NOSSe/c1-9-12(8-17)20-16-13(9)10(2)15(19-16)14(18)11-6-4-3-5-7-11/h3-7H,1-2H3. The molecule has 2 nitrogen and oxygen atoms in total. The van der Waals surface area contributed by atoms with E-state index in [0.717, 1.165) is 31.4 Å². The Morgan fingerprint density at radius 3 is 2.50 bits per heavy atom. The molecule has 0 radical (unpaired) electrons. The molecule has 2 heterocycles. The fraction of sp³-hybridized carbons (Fsp3) is 0.125. The van der Waals surface area contributed by atoms with E-state index >= 15 is 0 Å². The van der Waals surface area contributed by atoms with Crippen LogP contribution in [-0.4, -0.2) is 20.3 Å². The minimum absolute atomic E-state index is 0.0683. The first-order chi connectivity index (χ1) is 9.63. The van der Waals surface area contributed by atoms with Gasteiger partial charge < -0.3 is 0 Å². The van der Waals surface area contributed by atoms with Gasteiger partial charge in [-0.05, 0) is 0 Å². The Morgan fingerprint density at radius 2 is 1.90 bits per heavy atom. The Balaban J connectivity index is 2.17. The van der Waals surface area contributed by atoms with Crippen molar-refractivity contribution in [2.24, 2.45) is 0 Å². The molecular formula is C16H11NOSSe. The number of aryl methyl sites for hydroxylation is 2. The Hall–Kier alpha value is -1.66. The molecule has 0 atom stereocenters. The van der Waals surface area contributed by atoms with Crippen molar-refractivity contribution in [2.75, 3.05) is 0 Å². The van der Waals surface area contributed by atoms with Gasteiger partial charge in [-0.3, -0.25) is 0 Å². The fourth-order valence-electron chi connectivity index (χ4n) is 2.32. The van der Waals surface area contributed by atoms with Gasteiger partial charge in [-0.2, -0.15) is 0 Å². The maximum atomic E-state index is 12.6. The quantitative estimate of drug-likeness (QED) is 0.526. The molecule has 98 valence electrons. The molecule has 2 aromatic heterocycles. The minimum atomic E-state index is 0.0683. The van der Waals surface area contributed by atoms with E-state index in [1.54, 1.807) is 11.3 Å². The Bertz CT molecular complexity index is 852. The molecule has 0 unspecified atom stereocenters. The Kier molecular flexibility index (Phi) is 3.35. The van der Waals surface area contributed by atoms with Crippen LogP contribution < -0.4 is 0 Å². The third kappa shape index (κ3) is 1.96. The van der Waals surface area contributed by atoms with E-state index in [2.05, 4.69) is 6.07 Å². The summed E-state index contributed by atoms with van der Waals surface area (Å²) in [6.07, 6.45) is 0. The summed E-state index contributed by atoms with van der Waals surface area (Å²) < 4.78 is 2.10. The molecule has 0 fully saturated rings. The van der Waals surface area contributed by atoms with Crippen LogP contribution in [0.25, 0.3) is 8.96 Å². The van der Waals surface area contributed by atoms with Crippen LogP contribution in [0.5, 0.6) is 0 Å². The van der Waals surface area contributed by atoms with Gasteiger partial charge in [0.15, 0.2) is 0 Å². The summed E-state index contributed by atoms with van der Waals surface area (Å²) in [5.74, 6) is 0.0876. The Labute approximate surface area is 127 Å². The number of rotatable bonds is 2. The molecule has 4 heteroatoms. The molecule has 3 aromatic rings. The van der Waals surface area contributed by atoms with Gasteiger partial charge in [0.1, 0.15) is 0 Å². The third-order valence-electron chi connectivity index (χ3n) is 3.37. The monoisotopic (exact) mass is 345 g/mol. The van der Waals surface area contributed by atoms with Gasteiger partial charge in [0, 0.05) is 0 Å². The number of nitrogens with zero attached hydrogens (tertiary/aromatic N) is 1. The Morgan fingerprint density at radius 1 is 1.20 bits per heavy atom. The normalized spacial score (nSPS) is 10.7. The molecule has 0 aliphatic rings. The van der Waals surface area contributed by atoms with Gasteiger partial charge in [0.25, 0.3) is 0 Å². The van der Waals surface area contributed by atoms with Crippen LogP contribution >= 0.6 is 11.3 Å². The van der Waals surface area contributed by atoms with E-state index in [-0.39, 0.29) is 20.3 Å². The van der Waals surface area contributed by atoms with E-state index in [1.807, 2.05) is 44.2 Å². The van der Waals surface area contributed by atoms with Crippen LogP contribution in [-0.2, 0) is 0 Å². The van der Waals surface area contributed by atoms with E-state index in [0.29, 0.717) is 0 Å².